The van der Waals surface area contributed by atoms with Crippen molar-refractivity contribution in [2.45, 2.75) is 25.3 Å². The molecule has 0 amide bonds. The number of pyridine rings is 1. The van der Waals surface area contributed by atoms with Gasteiger partial charge in [-0.2, -0.15) is 0 Å². The Morgan fingerprint density at radius 2 is 2.33 bits per heavy atom. The summed E-state index contributed by atoms with van der Waals surface area (Å²) < 4.78 is 6.37. The summed E-state index contributed by atoms with van der Waals surface area (Å²) in [6.07, 6.45) is 8.87. The Morgan fingerprint density at radius 1 is 1.39 bits per heavy atom. The molecule has 0 radical (unpaired) electrons. The van der Waals surface area contributed by atoms with Gasteiger partial charge >= 0.3 is 5.76 Å². The van der Waals surface area contributed by atoms with Crippen LogP contribution >= 0.6 is 0 Å². The van der Waals surface area contributed by atoms with E-state index >= 15 is 0 Å². The van der Waals surface area contributed by atoms with Gasteiger partial charge in [-0.3, -0.25) is 9.51 Å². The summed E-state index contributed by atoms with van der Waals surface area (Å²) in [4.78, 5) is 16.0. The zero-order chi connectivity index (χ0) is 12.4. The quantitative estimate of drug-likeness (QED) is 0.758. The second-order valence-electron chi connectivity index (χ2n) is 4.28. The van der Waals surface area contributed by atoms with Gasteiger partial charge in [-0.05, 0) is 31.4 Å². The fraction of sp³-hybridized carbons (Fsp3) is 0.308. The highest BCUT2D eigenvalue weighted by atomic mass is 16.5. The Morgan fingerprint density at radius 3 is 3.06 bits per heavy atom. The SMILES string of the molecule is O=c1onc(-c2ccccn2)n1C1C=CCCC1. The molecule has 5 heteroatoms. The van der Waals surface area contributed by atoms with E-state index in [1.165, 1.54) is 0 Å². The summed E-state index contributed by atoms with van der Waals surface area (Å²) >= 11 is 0. The van der Waals surface area contributed by atoms with Crippen LogP contribution in [0, 0.1) is 0 Å². The molecule has 0 N–H and O–H groups in total. The van der Waals surface area contributed by atoms with Crippen LogP contribution in [0.4, 0.5) is 0 Å². The molecule has 0 spiro atoms. The molecular formula is C13H13N3O2. The predicted molar refractivity (Wildman–Crippen MR) is 66.0 cm³/mol. The zero-order valence-electron chi connectivity index (χ0n) is 9.82. The number of hydrogen-bond acceptors (Lipinski definition) is 4. The fourth-order valence-electron chi connectivity index (χ4n) is 2.22. The van der Waals surface area contributed by atoms with Gasteiger partial charge in [-0.25, -0.2) is 9.36 Å². The highest BCUT2D eigenvalue weighted by molar-refractivity contribution is 5.48. The highest BCUT2D eigenvalue weighted by Crippen LogP contribution is 2.25. The normalized spacial score (nSPS) is 19.0. The number of rotatable bonds is 2. The van der Waals surface area contributed by atoms with Gasteiger partial charge in [-0.1, -0.05) is 23.4 Å². The summed E-state index contributed by atoms with van der Waals surface area (Å²) in [5, 5.41) is 3.84. The van der Waals surface area contributed by atoms with E-state index in [1.807, 2.05) is 24.3 Å². The molecule has 0 saturated heterocycles. The van der Waals surface area contributed by atoms with Crippen LogP contribution in [0.5, 0.6) is 0 Å². The van der Waals surface area contributed by atoms with Crippen LogP contribution in [0.2, 0.25) is 0 Å². The third kappa shape index (κ3) is 1.88. The minimum absolute atomic E-state index is 0.0227. The topological polar surface area (TPSA) is 60.9 Å². The largest absolute Gasteiger partial charge is 0.442 e. The second-order valence-corrected chi connectivity index (χ2v) is 4.28. The minimum atomic E-state index is -0.424. The molecule has 0 bridgehead atoms. The smallest absolute Gasteiger partial charge is 0.295 e. The summed E-state index contributed by atoms with van der Waals surface area (Å²) in [6.45, 7) is 0. The van der Waals surface area contributed by atoms with Crippen molar-refractivity contribution < 1.29 is 4.52 Å². The Kier molecular flexibility index (Phi) is 2.80. The van der Waals surface area contributed by atoms with Crippen molar-refractivity contribution in [1.82, 2.24) is 14.7 Å². The Hall–Kier alpha value is -2.17. The molecule has 1 atom stereocenters. The van der Waals surface area contributed by atoms with Gasteiger partial charge in [-0.15, -0.1) is 0 Å². The molecule has 2 aromatic rings. The van der Waals surface area contributed by atoms with E-state index in [0.717, 1.165) is 19.3 Å². The van der Waals surface area contributed by atoms with Crippen molar-refractivity contribution in [1.29, 1.82) is 0 Å². The Balaban J connectivity index is 2.09. The average Bonchev–Trinajstić information content (AvgIpc) is 2.83. The van der Waals surface area contributed by atoms with Crippen LogP contribution in [0.1, 0.15) is 25.3 Å². The summed E-state index contributed by atoms with van der Waals surface area (Å²) in [5.41, 5.74) is 0.655. The van der Waals surface area contributed by atoms with E-state index in [2.05, 4.69) is 16.2 Å². The molecule has 2 heterocycles. The lowest BCUT2D eigenvalue weighted by molar-refractivity contribution is 0.366. The van der Waals surface area contributed by atoms with Gasteiger partial charge in [0.15, 0.2) is 0 Å². The molecule has 0 aromatic carbocycles. The zero-order valence-corrected chi connectivity index (χ0v) is 9.82. The first kappa shape index (κ1) is 11.0. The molecule has 1 aliphatic carbocycles. The van der Waals surface area contributed by atoms with Gasteiger partial charge < -0.3 is 0 Å². The number of hydrogen-bond donors (Lipinski definition) is 0. The molecule has 92 valence electrons. The van der Waals surface area contributed by atoms with Crippen molar-refractivity contribution in [2.24, 2.45) is 0 Å². The maximum atomic E-state index is 11.8. The maximum absolute atomic E-state index is 11.8. The number of nitrogens with zero attached hydrogens (tertiary/aromatic N) is 3. The third-order valence-corrected chi connectivity index (χ3v) is 3.09. The van der Waals surface area contributed by atoms with E-state index in [-0.39, 0.29) is 6.04 Å². The van der Waals surface area contributed by atoms with Gasteiger partial charge in [0, 0.05) is 6.20 Å². The molecule has 1 aliphatic rings. The van der Waals surface area contributed by atoms with E-state index < -0.39 is 5.76 Å². The molecule has 2 aromatic heterocycles. The fourth-order valence-corrected chi connectivity index (χ4v) is 2.22. The number of aromatic nitrogens is 3. The first-order chi connectivity index (χ1) is 8.86. The van der Waals surface area contributed by atoms with E-state index in [0.29, 0.717) is 11.5 Å². The first-order valence-corrected chi connectivity index (χ1v) is 6.02. The number of allylic oxidation sites excluding steroid dienone is 2. The van der Waals surface area contributed by atoms with Crippen LogP contribution in [0.3, 0.4) is 0 Å². The summed E-state index contributed by atoms with van der Waals surface area (Å²) in [6, 6.07) is 5.53. The molecule has 5 nitrogen and oxygen atoms in total. The van der Waals surface area contributed by atoms with Crippen molar-refractivity contribution in [3.8, 4) is 11.5 Å². The monoisotopic (exact) mass is 243 g/mol. The molecule has 0 saturated carbocycles. The molecule has 1 unspecified atom stereocenters. The van der Waals surface area contributed by atoms with Crippen LogP contribution in [-0.2, 0) is 0 Å². The first-order valence-electron chi connectivity index (χ1n) is 6.02. The van der Waals surface area contributed by atoms with Gasteiger partial charge in [0.05, 0.1) is 6.04 Å². The third-order valence-electron chi connectivity index (χ3n) is 3.09. The van der Waals surface area contributed by atoms with E-state index in [9.17, 15) is 4.79 Å². The lowest BCUT2D eigenvalue weighted by atomic mass is 10.0. The Bertz CT molecular complexity index is 613. The lowest BCUT2D eigenvalue weighted by Gasteiger charge is -2.17. The van der Waals surface area contributed by atoms with Crippen LogP contribution in [0.15, 0.2) is 45.9 Å². The van der Waals surface area contributed by atoms with Crippen molar-refractivity contribution in [2.75, 3.05) is 0 Å². The molecule has 0 fully saturated rings. The van der Waals surface area contributed by atoms with Crippen LogP contribution in [-0.4, -0.2) is 14.7 Å². The van der Waals surface area contributed by atoms with E-state index in [4.69, 9.17) is 4.52 Å². The molecule has 3 rings (SSSR count). The average molecular weight is 243 g/mol. The standard InChI is InChI=1S/C13H13N3O2/c17-13-16(10-6-2-1-3-7-10)12(15-18-13)11-8-4-5-9-14-11/h2,4-6,8-10H,1,3,7H2. The van der Waals surface area contributed by atoms with Crippen molar-refractivity contribution in [3.05, 3.63) is 47.1 Å². The summed E-state index contributed by atoms with van der Waals surface area (Å²) in [5.74, 6) is 0.0735. The van der Waals surface area contributed by atoms with Gasteiger partial charge in [0.1, 0.15) is 5.69 Å². The van der Waals surface area contributed by atoms with Crippen molar-refractivity contribution >= 4 is 0 Å². The van der Waals surface area contributed by atoms with Crippen molar-refractivity contribution in [3.63, 3.8) is 0 Å². The van der Waals surface area contributed by atoms with E-state index in [1.54, 1.807) is 10.8 Å². The highest BCUT2D eigenvalue weighted by Gasteiger charge is 2.21. The second kappa shape index (κ2) is 4.60. The molecule has 0 aliphatic heterocycles. The summed E-state index contributed by atoms with van der Waals surface area (Å²) in [7, 11) is 0. The molecular weight excluding hydrogens is 230 g/mol. The maximum Gasteiger partial charge on any atom is 0.442 e. The van der Waals surface area contributed by atoms with Gasteiger partial charge in [0.25, 0.3) is 0 Å². The van der Waals surface area contributed by atoms with Gasteiger partial charge in [0.2, 0.25) is 5.82 Å². The predicted octanol–water partition coefficient (Wildman–Crippen LogP) is 2.18. The Labute approximate surface area is 104 Å². The van der Waals surface area contributed by atoms with Crippen LogP contribution in [0.25, 0.3) is 11.5 Å². The van der Waals surface area contributed by atoms with Crippen LogP contribution < -0.4 is 5.76 Å². The molecule has 18 heavy (non-hydrogen) atoms. The lowest BCUT2D eigenvalue weighted by Crippen LogP contribution is -2.21. The minimum Gasteiger partial charge on any atom is -0.295 e.